The number of aliphatic hydroxyl groups excluding tert-OH is 1. The molecule has 94 valence electrons. The molecule has 1 aliphatic rings. The van der Waals surface area contributed by atoms with E-state index in [1.807, 2.05) is 6.07 Å². The van der Waals surface area contributed by atoms with Gasteiger partial charge in [0, 0.05) is 18.6 Å². The summed E-state index contributed by atoms with van der Waals surface area (Å²) in [6.07, 6.45) is 2.28. The van der Waals surface area contributed by atoms with E-state index in [0.29, 0.717) is 19.0 Å². The molecule has 2 atom stereocenters. The maximum absolute atomic E-state index is 13.0. The molecule has 1 aromatic carbocycles. The van der Waals surface area contributed by atoms with Gasteiger partial charge in [0.1, 0.15) is 5.82 Å². The van der Waals surface area contributed by atoms with Crippen molar-refractivity contribution in [1.29, 1.82) is 0 Å². The maximum Gasteiger partial charge on any atom is 0.123 e. The predicted molar refractivity (Wildman–Crippen MR) is 65.1 cm³/mol. The third kappa shape index (κ3) is 4.07. The highest BCUT2D eigenvalue weighted by Crippen LogP contribution is 2.18. The van der Waals surface area contributed by atoms with Crippen LogP contribution in [-0.4, -0.2) is 29.8 Å². The van der Waals surface area contributed by atoms with Crippen molar-refractivity contribution in [3.05, 3.63) is 35.6 Å². The van der Waals surface area contributed by atoms with Gasteiger partial charge in [0.2, 0.25) is 0 Å². The van der Waals surface area contributed by atoms with E-state index in [0.717, 1.165) is 5.56 Å². The van der Waals surface area contributed by atoms with Gasteiger partial charge < -0.3 is 16.2 Å². The molecule has 1 aliphatic carbocycles. The second-order valence-electron chi connectivity index (χ2n) is 4.75. The van der Waals surface area contributed by atoms with Gasteiger partial charge in [0.25, 0.3) is 0 Å². The SMILES string of the molecule is N[C@@H](Cc1cccc(F)c1)[C@H](O)CNC1CC1. The van der Waals surface area contributed by atoms with Gasteiger partial charge in [-0.2, -0.15) is 0 Å². The first kappa shape index (κ1) is 12.5. The fourth-order valence-corrected chi connectivity index (χ4v) is 1.80. The third-order valence-corrected chi connectivity index (χ3v) is 3.05. The van der Waals surface area contributed by atoms with Crippen molar-refractivity contribution < 1.29 is 9.50 Å². The zero-order valence-corrected chi connectivity index (χ0v) is 9.77. The molecule has 0 bridgehead atoms. The Balaban J connectivity index is 1.80. The average Bonchev–Trinajstić information content (AvgIpc) is 3.09. The first-order valence-electron chi connectivity index (χ1n) is 6.06. The highest BCUT2D eigenvalue weighted by Gasteiger charge is 2.23. The molecule has 0 spiro atoms. The largest absolute Gasteiger partial charge is 0.390 e. The molecule has 0 saturated heterocycles. The van der Waals surface area contributed by atoms with E-state index >= 15 is 0 Å². The Kier molecular flexibility index (Phi) is 4.10. The molecule has 1 saturated carbocycles. The first-order valence-corrected chi connectivity index (χ1v) is 6.06. The normalized spacial score (nSPS) is 19.0. The van der Waals surface area contributed by atoms with Gasteiger partial charge in [-0.05, 0) is 37.0 Å². The van der Waals surface area contributed by atoms with Gasteiger partial charge in [-0.1, -0.05) is 12.1 Å². The Morgan fingerprint density at radius 2 is 2.24 bits per heavy atom. The zero-order valence-electron chi connectivity index (χ0n) is 9.77. The van der Waals surface area contributed by atoms with Crippen molar-refractivity contribution in [2.24, 2.45) is 5.73 Å². The number of benzene rings is 1. The van der Waals surface area contributed by atoms with Crippen molar-refractivity contribution in [2.45, 2.75) is 37.5 Å². The Bertz CT molecular complexity index is 368. The molecular weight excluding hydrogens is 219 g/mol. The van der Waals surface area contributed by atoms with E-state index in [2.05, 4.69) is 5.32 Å². The lowest BCUT2D eigenvalue weighted by Gasteiger charge is -2.19. The zero-order chi connectivity index (χ0) is 12.3. The number of halogens is 1. The highest BCUT2D eigenvalue weighted by atomic mass is 19.1. The summed E-state index contributed by atoms with van der Waals surface area (Å²) in [4.78, 5) is 0. The summed E-state index contributed by atoms with van der Waals surface area (Å²) < 4.78 is 13.0. The Morgan fingerprint density at radius 3 is 2.88 bits per heavy atom. The maximum atomic E-state index is 13.0. The number of rotatable bonds is 6. The van der Waals surface area contributed by atoms with Crippen LogP contribution in [0.15, 0.2) is 24.3 Å². The van der Waals surface area contributed by atoms with Crippen LogP contribution >= 0.6 is 0 Å². The molecule has 0 aliphatic heterocycles. The lowest BCUT2D eigenvalue weighted by atomic mass is 10.0. The van der Waals surface area contributed by atoms with E-state index in [4.69, 9.17) is 5.73 Å². The molecule has 0 radical (unpaired) electrons. The summed E-state index contributed by atoms with van der Waals surface area (Å²) in [7, 11) is 0. The summed E-state index contributed by atoms with van der Waals surface area (Å²) in [6.45, 7) is 0.515. The second-order valence-corrected chi connectivity index (χ2v) is 4.75. The van der Waals surface area contributed by atoms with Crippen molar-refractivity contribution in [1.82, 2.24) is 5.32 Å². The van der Waals surface area contributed by atoms with Crippen molar-refractivity contribution >= 4 is 0 Å². The smallest absolute Gasteiger partial charge is 0.123 e. The molecule has 0 heterocycles. The Labute approximate surface area is 101 Å². The minimum absolute atomic E-state index is 0.264. The fourth-order valence-electron chi connectivity index (χ4n) is 1.80. The molecule has 2 rings (SSSR count). The van der Waals surface area contributed by atoms with Crippen LogP contribution < -0.4 is 11.1 Å². The topological polar surface area (TPSA) is 58.3 Å². The summed E-state index contributed by atoms with van der Waals surface area (Å²) >= 11 is 0. The molecule has 0 unspecified atom stereocenters. The predicted octanol–water partition coefficient (Wildman–Crippen LogP) is 0.808. The molecule has 17 heavy (non-hydrogen) atoms. The molecule has 1 aromatic rings. The average molecular weight is 238 g/mol. The molecule has 4 heteroatoms. The van der Waals surface area contributed by atoms with Gasteiger partial charge in [0.05, 0.1) is 6.10 Å². The molecular formula is C13H19FN2O. The van der Waals surface area contributed by atoms with E-state index in [9.17, 15) is 9.50 Å². The van der Waals surface area contributed by atoms with E-state index in [-0.39, 0.29) is 11.9 Å². The summed E-state index contributed by atoms with van der Waals surface area (Å²) in [5.74, 6) is -0.264. The number of nitrogens with one attached hydrogen (secondary N) is 1. The van der Waals surface area contributed by atoms with Crippen molar-refractivity contribution in [3.63, 3.8) is 0 Å². The van der Waals surface area contributed by atoms with E-state index in [1.54, 1.807) is 6.07 Å². The molecule has 0 aromatic heterocycles. The van der Waals surface area contributed by atoms with Crippen molar-refractivity contribution in [3.8, 4) is 0 Å². The monoisotopic (exact) mass is 238 g/mol. The van der Waals surface area contributed by atoms with Crippen LogP contribution in [0.5, 0.6) is 0 Å². The molecule has 4 N–H and O–H groups in total. The van der Waals surface area contributed by atoms with Crippen LogP contribution in [0.25, 0.3) is 0 Å². The third-order valence-electron chi connectivity index (χ3n) is 3.05. The quantitative estimate of drug-likeness (QED) is 0.687. The molecule has 3 nitrogen and oxygen atoms in total. The van der Waals surface area contributed by atoms with Gasteiger partial charge >= 0.3 is 0 Å². The summed E-state index contributed by atoms with van der Waals surface area (Å²) in [6, 6.07) is 6.55. The Hall–Kier alpha value is -0.970. The standard InChI is InChI=1S/C13H19FN2O/c14-10-3-1-2-9(6-10)7-12(15)13(17)8-16-11-4-5-11/h1-3,6,11-13,16-17H,4-5,7-8,15H2/t12-,13+/m0/s1. The molecule has 1 fully saturated rings. The first-order chi connectivity index (χ1) is 8.15. The van der Waals surface area contributed by atoms with Gasteiger partial charge in [-0.25, -0.2) is 4.39 Å². The minimum atomic E-state index is -0.584. The van der Waals surface area contributed by atoms with Crippen LogP contribution in [0.3, 0.4) is 0 Å². The van der Waals surface area contributed by atoms with Gasteiger partial charge in [-0.15, -0.1) is 0 Å². The van der Waals surface area contributed by atoms with Crippen LogP contribution in [0.1, 0.15) is 18.4 Å². The van der Waals surface area contributed by atoms with Gasteiger partial charge in [-0.3, -0.25) is 0 Å². The van der Waals surface area contributed by atoms with Crippen LogP contribution in [-0.2, 0) is 6.42 Å². The van der Waals surface area contributed by atoms with E-state index in [1.165, 1.54) is 25.0 Å². The number of nitrogens with two attached hydrogens (primary N) is 1. The van der Waals surface area contributed by atoms with Crippen molar-refractivity contribution in [2.75, 3.05) is 6.54 Å². The highest BCUT2D eigenvalue weighted by molar-refractivity contribution is 5.17. The Morgan fingerprint density at radius 1 is 1.47 bits per heavy atom. The van der Waals surface area contributed by atoms with E-state index < -0.39 is 6.10 Å². The lowest BCUT2D eigenvalue weighted by molar-refractivity contribution is 0.141. The van der Waals surface area contributed by atoms with Gasteiger partial charge in [0.15, 0.2) is 0 Å². The molecule has 0 amide bonds. The lowest BCUT2D eigenvalue weighted by Crippen LogP contribution is -2.43. The summed E-state index contributed by atoms with van der Waals surface area (Å²) in [5.41, 5.74) is 6.72. The fraction of sp³-hybridized carbons (Fsp3) is 0.538. The van der Waals surface area contributed by atoms with Crippen LogP contribution in [0, 0.1) is 5.82 Å². The summed E-state index contributed by atoms with van der Waals surface area (Å²) in [5, 5.41) is 13.1. The number of hydrogen-bond donors (Lipinski definition) is 3. The van der Waals surface area contributed by atoms with Crippen LogP contribution in [0.4, 0.5) is 4.39 Å². The minimum Gasteiger partial charge on any atom is -0.390 e. The number of hydrogen-bond acceptors (Lipinski definition) is 3. The van der Waals surface area contributed by atoms with Crippen LogP contribution in [0.2, 0.25) is 0 Å². The second kappa shape index (κ2) is 5.58. The number of aliphatic hydroxyl groups is 1.